The SMILES string of the molecule is Cc1ccc(N2C(=O)N[C@@H]3CCN(C(=O)CCC(=O)[O-])[C@@H]3C2=O)cc1. The monoisotopic (exact) mass is 344 g/mol. The third-order valence-corrected chi connectivity index (χ3v) is 4.54. The Labute approximate surface area is 144 Å². The van der Waals surface area contributed by atoms with Gasteiger partial charge in [-0.2, -0.15) is 0 Å². The minimum absolute atomic E-state index is 0.225. The number of nitrogens with zero attached hydrogens (tertiary/aromatic N) is 2. The number of aliphatic carboxylic acids is 1. The summed E-state index contributed by atoms with van der Waals surface area (Å²) in [5, 5.41) is 13.3. The second-order valence-electron chi connectivity index (χ2n) is 6.26. The number of likely N-dealkylation sites (tertiary alicyclic amines) is 1. The summed E-state index contributed by atoms with van der Waals surface area (Å²) in [5.74, 6) is -2.21. The number of amides is 4. The van der Waals surface area contributed by atoms with E-state index in [2.05, 4.69) is 5.32 Å². The number of urea groups is 1. The minimum Gasteiger partial charge on any atom is -0.550 e. The first kappa shape index (κ1) is 16.9. The summed E-state index contributed by atoms with van der Waals surface area (Å²) in [6.45, 7) is 2.20. The molecule has 2 saturated heterocycles. The van der Waals surface area contributed by atoms with Gasteiger partial charge < -0.3 is 20.1 Å². The van der Waals surface area contributed by atoms with Crippen molar-refractivity contribution >= 4 is 29.5 Å². The van der Waals surface area contributed by atoms with Crippen LogP contribution in [0.3, 0.4) is 0 Å². The van der Waals surface area contributed by atoms with E-state index < -0.39 is 42.3 Å². The average Bonchev–Trinajstić information content (AvgIpc) is 2.98. The third kappa shape index (κ3) is 3.19. The van der Waals surface area contributed by atoms with Crippen LogP contribution in [0.2, 0.25) is 0 Å². The molecule has 2 aliphatic rings. The van der Waals surface area contributed by atoms with Gasteiger partial charge >= 0.3 is 6.03 Å². The lowest BCUT2D eigenvalue weighted by atomic mass is 10.0. The predicted molar refractivity (Wildman–Crippen MR) is 85.3 cm³/mol. The van der Waals surface area contributed by atoms with Crippen LogP contribution in [-0.2, 0) is 14.4 Å². The van der Waals surface area contributed by atoms with E-state index in [-0.39, 0.29) is 6.42 Å². The maximum Gasteiger partial charge on any atom is 0.329 e. The molecule has 0 aliphatic carbocycles. The fraction of sp³-hybridized carbons (Fsp3) is 0.412. The summed E-state index contributed by atoms with van der Waals surface area (Å²) in [6.07, 6.45) is -0.160. The number of anilines is 1. The number of imide groups is 1. The normalized spacial score (nSPS) is 22.6. The number of fused-ring (bicyclic) bond motifs is 1. The molecular formula is C17H18N3O5-. The number of carboxylic acids is 1. The number of rotatable bonds is 4. The number of carboxylic acid groups (broad SMARTS) is 1. The van der Waals surface area contributed by atoms with Gasteiger partial charge in [-0.15, -0.1) is 0 Å². The maximum atomic E-state index is 12.9. The summed E-state index contributed by atoms with van der Waals surface area (Å²) in [7, 11) is 0. The lowest BCUT2D eigenvalue weighted by molar-refractivity contribution is -0.305. The molecule has 0 radical (unpaired) electrons. The maximum absolute atomic E-state index is 12.9. The fourth-order valence-electron chi connectivity index (χ4n) is 3.28. The Morgan fingerprint density at radius 2 is 1.88 bits per heavy atom. The van der Waals surface area contributed by atoms with Crippen molar-refractivity contribution in [2.75, 3.05) is 11.4 Å². The van der Waals surface area contributed by atoms with Crippen LogP contribution < -0.4 is 15.3 Å². The number of aryl methyl sites for hydroxylation is 1. The molecule has 0 saturated carbocycles. The van der Waals surface area contributed by atoms with Crippen LogP contribution in [-0.4, -0.2) is 47.3 Å². The van der Waals surface area contributed by atoms with Gasteiger partial charge in [0.2, 0.25) is 5.91 Å². The lowest BCUT2D eigenvalue weighted by Gasteiger charge is -2.37. The zero-order valence-electron chi connectivity index (χ0n) is 13.7. The van der Waals surface area contributed by atoms with Crippen molar-refractivity contribution in [3.05, 3.63) is 29.8 Å². The van der Waals surface area contributed by atoms with Crippen LogP contribution in [0, 0.1) is 6.92 Å². The predicted octanol–water partition coefficient (Wildman–Crippen LogP) is -0.449. The van der Waals surface area contributed by atoms with Crippen molar-refractivity contribution < 1.29 is 24.3 Å². The molecule has 2 aliphatic heterocycles. The molecule has 0 aromatic heterocycles. The van der Waals surface area contributed by atoms with E-state index in [1.165, 1.54) is 4.90 Å². The van der Waals surface area contributed by atoms with E-state index in [9.17, 15) is 24.3 Å². The smallest absolute Gasteiger partial charge is 0.329 e. The van der Waals surface area contributed by atoms with Gasteiger partial charge in [0.25, 0.3) is 5.91 Å². The van der Waals surface area contributed by atoms with Gasteiger partial charge in [0.1, 0.15) is 6.04 Å². The van der Waals surface area contributed by atoms with Crippen LogP contribution in [0.5, 0.6) is 0 Å². The molecule has 0 bridgehead atoms. The summed E-state index contributed by atoms with van der Waals surface area (Å²) in [4.78, 5) is 50.4. The molecule has 8 heteroatoms. The zero-order chi connectivity index (χ0) is 18.1. The first-order valence-electron chi connectivity index (χ1n) is 8.09. The van der Waals surface area contributed by atoms with Crippen LogP contribution in [0.25, 0.3) is 0 Å². The van der Waals surface area contributed by atoms with Crippen molar-refractivity contribution in [1.29, 1.82) is 0 Å². The highest BCUT2D eigenvalue weighted by Gasteiger charge is 2.49. The quantitative estimate of drug-likeness (QED) is 0.795. The van der Waals surface area contributed by atoms with Crippen molar-refractivity contribution in [1.82, 2.24) is 10.2 Å². The highest BCUT2D eigenvalue weighted by molar-refractivity contribution is 6.19. The van der Waals surface area contributed by atoms with E-state index in [0.29, 0.717) is 18.7 Å². The largest absolute Gasteiger partial charge is 0.550 e. The van der Waals surface area contributed by atoms with Crippen molar-refractivity contribution in [2.45, 2.75) is 38.3 Å². The molecule has 25 heavy (non-hydrogen) atoms. The summed E-state index contributed by atoms with van der Waals surface area (Å²) in [6, 6.07) is 5.15. The second-order valence-corrected chi connectivity index (χ2v) is 6.26. The third-order valence-electron chi connectivity index (χ3n) is 4.54. The van der Waals surface area contributed by atoms with Crippen molar-refractivity contribution in [2.24, 2.45) is 0 Å². The van der Waals surface area contributed by atoms with Crippen LogP contribution >= 0.6 is 0 Å². The Hall–Kier alpha value is -2.90. The van der Waals surface area contributed by atoms with Gasteiger partial charge in [0.15, 0.2) is 0 Å². The molecule has 4 amide bonds. The molecule has 1 aromatic rings. The molecule has 8 nitrogen and oxygen atoms in total. The number of nitrogens with one attached hydrogen (secondary N) is 1. The number of hydrogen-bond acceptors (Lipinski definition) is 5. The molecule has 132 valence electrons. The summed E-state index contributed by atoms with van der Waals surface area (Å²) in [5.41, 5.74) is 1.42. The van der Waals surface area contributed by atoms with Gasteiger partial charge in [-0.25, -0.2) is 9.69 Å². The molecule has 3 rings (SSSR count). The molecule has 0 spiro atoms. The van der Waals surface area contributed by atoms with E-state index >= 15 is 0 Å². The van der Waals surface area contributed by atoms with E-state index in [4.69, 9.17) is 0 Å². The molecule has 1 N–H and O–H groups in total. The number of benzene rings is 1. The van der Waals surface area contributed by atoms with E-state index in [1.807, 2.05) is 6.92 Å². The molecular weight excluding hydrogens is 326 g/mol. The topological polar surface area (TPSA) is 110 Å². The first-order valence-corrected chi connectivity index (χ1v) is 8.09. The number of carbonyl (C=O) groups excluding carboxylic acids is 4. The van der Waals surface area contributed by atoms with Gasteiger partial charge in [0.05, 0.1) is 11.7 Å². The van der Waals surface area contributed by atoms with Gasteiger partial charge in [0, 0.05) is 18.9 Å². The van der Waals surface area contributed by atoms with E-state index in [0.717, 1.165) is 10.5 Å². The van der Waals surface area contributed by atoms with Crippen molar-refractivity contribution in [3.63, 3.8) is 0 Å². The molecule has 2 atom stereocenters. The zero-order valence-corrected chi connectivity index (χ0v) is 13.7. The van der Waals surface area contributed by atoms with Crippen LogP contribution in [0.1, 0.15) is 24.8 Å². The highest BCUT2D eigenvalue weighted by Crippen LogP contribution is 2.28. The van der Waals surface area contributed by atoms with Crippen LogP contribution in [0.4, 0.5) is 10.5 Å². The van der Waals surface area contributed by atoms with Gasteiger partial charge in [-0.3, -0.25) is 9.59 Å². The Morgan fingerprint density at radius 1 is 1.20 bits per heavy atom. The lowest BCUT2D eigenvalue weighted by Crippen LogP contribution is -2.65. The highest BCUT2D eigenvalue weighted by atomic mass is 16.4. The number of hydrogen-bond donors (Lipinski definition) is 1. The van der Waals surface area contributed by atoms with Crippen LogP contribution in [0.15, 0.2) is 24.3 Å². The average molecular weight is 344 g/mol. The molecule has 0 unspecified atom stereocenters. The molecule has 2 fully saturated rings. The molecule has 1 aromatic carbocycles. The standard InChI is InChI=1S/C17H19N3O5/c1-10-2-4-11(5-3-10)20-16(24)15-12(18-17(20)25)8-9-19(15)13(21)6-7-14(22)23/h2-5,12,15H,6-9H2,1H3,(H,18,25)(H,22,23)/p-1/t12-,15+/m1/s1. The Bertz CT molecular complexity index is 730. The van der Waals surface area contributed by atoms with Gasteiger partial charge in [-0.05, 0) is 31.9 Å². The Balaban J connectivity index is 1.82. The van der Waals surface area contributed by atoms with Gasteiger partial charge in [-0.1, -0.05) is 17.7 Å². The Kier molecular flexibility index (Phi) is 4.43. The second kappa shape index (κ2) is 6.54. The molecule has 2 heterocycles. The summed E-state index contributed by atoms with van der Waals surface area (Å²) >= 11 is 0. The summed E-state index contributed by atoms with van der Waals surface area (Å²) < 4.78 is 0. The first-order chi connectivity index (χ1) is 11.9. The number of carbonyl (C=O) groups is 4. The minimum atomic E-state index is -1.31. The van der Waals surface area contributed by atoms with E-state index in [1.54, 1.807) is 24.3 Å². The van der Waals surface area contributed by atoms with Crippen molar-refractivity contribution in [3.8, 4) is 0 Å². The fourth-order valence-corrected chi connectivity index (χ4v) is 3.28. The Morgan fingerprint density at radius 3 is 2.52 bits per heavy atom.